The number of esters is 4. The minimum absolute atomic E-state index is 0. The first-order valence-electron chi connectivity index (χ1n) is 39.1. The smallest absolute Gasteiger partial charge is 1.00 e. The molecule has 121 heavy (non-hydrogen) atoms. The number of rotatable bonds is 21. The number of hydrogen-bond donors (Lipinski definition) is 5. The molecular formula is C90H122Cs2I2N7O19P. The van der Waals surface area contributed by atoms with Gasteiger partial charge in [0.25, 0.3) is 6.47 Å². The number of nitrogens with zero attached hydrogens (tertiary/aromatic N) is 3. The van der Waals surface area contributed by atoms with Crippen molar-refractivity contribution in [1.29, 1.82) is 5.26 Å². The number of carboxylic acid groups (broad SMARTS) is 1. The molecule has 3 fully saturated rings. The number of aryl methyl sites for hydroxylation is 1. The number of carbonyl (C=O) groups is 8. The molecule has 0 aromatic heterocycles. The maximum absolute atomic E-state index is 12.1. The second kappa shape index (κ2) is 63.5. The molecule has 31 heteroatoms. The molecule has 6 aromatic carbocycles. The zero-order valence-corrected chi connectivity index (χ0v) is 90.8. The number of halogens is 2. The van der Waals surface area contributed by atoms with Crippen molar-refractivity contribution in [2.45, 2.75) is 195 Å². The van der Waals surface area contributed by atoms with Crippen LogP contribution in [0.5, 0.6) is 0 Å². The molecular weight excluding hydrogens is 2030 g/mol. The number of benzene rings is 6. The summed E-state index contributed by atoms with van der Waals surface area (Å²) in [6, 6.07) is 53.0. The van der Waals surface area contributed by atoms with Gasteiger partial charge in [0.2, 0.25) is 7.37 Å². The first kappa shape index (κ1) is 116. The molecule has 3 aliphatic rings. The van der Waals surface area contributed by atoms with E-state index in [-0.39, 0.29) is 201 Å². The van der Waals surface area contributed by atoms with Gasteiger partial charge in [-0.3, -0.25) is 18.9 Å². The summed E-state index contributed by atoms with van der Waals surface area (Å²) >= 11 is 4.37. The van der Waals surface area contributed by atoms with Gasteiger partial charge in [0, 0.05) is 94.1 Å². The third-order valence-electron chi connectivity index (χ3n) is 16.0. The molecule has 6 aromatic rings. The Hall–Kier alpha value is -5.38. The maximum Gasteiger partial charge on any atom is 1.00 e. The van der Waals surface area contributed by atoms with Crippen molar-refractivity contribution in [3.8, 4) is 6.07 Å². The fraction of sp³-hybridized carbons (Fsp3) is 0.433. The molecule has 26 nitrogen and oxygen atoms in total. The quantitative estimate of drug-likeness (QED) is 0.00514. The van der Waals surface area contributed by atoms with E-state index in [9.17, 15) is 38.1 Å². The monoisotopic (exact) mass is 2160 g/mol. The Morgan fingerprint density at radius 1 is 0.587 bits per heavy atom. The largest absolute Gasteiger partial charge is 1.00 e. The van der Waals surface area contributed by atoms with Crippen molar-refractivity contribution in [1.82, 2.24) is 16.0 Å². The number of allylic oxidation sites excluding steroid dienone is 1. The van der Waals surface area contributed by atoms with Gasteiger partial charge in [0.15, 0.2) is 0 Å². The van der Waals surface area contributed by atoms with Gasteiger partial charge in [0.1, 0.15) is 41.8 Å². The average Bonchev–Trinajstić information content (AvgIpc) is 0.857. The third kappa shape index (κ3) is 60.8. The van der Waals surface area contributed by atoms with Crippen LogP contribution in [0.25, 0.3) is 12.2 Å². The van der Waals surface area contributed by atoms with Gasteiger partial charge in [-0.25, -0.2) is 24.0 Å². The molecule has 6 N–H and O–H groups in total. The Kier molecular flexibility index (Phi) is 60.7. The van der Waals surface area contributed by atoms with Crippen LogP contribution in [0.3, 0.4) is 0 Å². The molecule has 0 spiro atoms. The van der Waals surface area contributed by atoms with Crippen LogP contribution < -0.4 is 175 Å². The number of nitrogens with one attached hydrogen (secondary N) is 3. The molecule has 0 bridgehead atoms. The van der Waals surface area contributed by atoms with Gasteiger partial charge in [-0.15, -0.1) is 0 Å². The van der Waals surface area contributed by atoms with Crippen molar-refractivity contribution < 1.29 is 230 Å². The molecule has 1 atom stereocenters. The number of nitriles is 1. The van der Waals surface area contributed by atoms with Crippen molar-refractivity contribution in [3.05, 3.63) is 223 Å². The summed E-state index contributed by atoms with van der Waals surface area (Å²) in [6.45, 7) is 34.9. The minimum atomic E-state index is -2.81. The van der Waals surface area contributed by atoms with Crippen molar-refractivity contribution in [2.75, 3.05) is 68.5 Å². The number of piperidine rings is 3. The van der Waals surface area contributed by atoms with Gasteiger partial charge in [0.05, 0.1) is 18.2 Å². The molecule has 2 amide bonds. The molecule has 1 unspecified atom stereocenters. The first-order chi connectivity index (χ1) is 56.0. The standard InChI is InChI=1S/C26H32N2O4.C18H28N2O2.C13H15IO2.C13H18N2O2.C9H19O4P.C7H5IO2.C3H3N.CH2O3.2Cs.H/c1-26(2,3)32-24(29)14-11-20-9-12-23(13-10-20)28-17-15-22(16-18-28)27-25(30)31-19-21-7-5-4-6-8-21;1-18(2,3)22-17(21)9-6-14-4-7-16(8-5-14)20-12-10-15(19)11-13-20;1-13(2,3)16-12(15)9-6-10-4-7-11(14)8-5-10;16-13(15-12-6-8-14-9-7-12)17-10-11-4-2-1-3-5-11;1-6-12-14(5,11)7-8(10)13-9(2,3)4;8-6-3-1-5(2-4-6)7(9)10;1-2-3-4;2-1-4-3;;;/h4-14,22H,15-19H2,1-3H3,(H,27,30);4-5,7-8,15H,6,9-13,19H2,1-3H3;4-9H,1-3H3;1-5,12,14H,6-10H2,(H,15,16);6-7H2,1-5H3;1-4H,(H,9,10);2H,1H2;1,3H;;;/q;;;;;;;;2*+1;-1/p-1/b14-11+;;9-6+;;;;;;;;. The number of nitrogens with two attached hydrogens (primary N) is 1. The number of carboxylic acids is 1. The van der Waals surface area contributed by atoms with Crippen LogP contribution in [-0.4, -0.2) is 153 Å². The SMILES string of the molecule is C=CC#N.CC(C)(C)OC(=O)/C=C/c1ccc(I)cc1.CC(C)(C)OC(=O)/C=C/c1ccc(N2CCC(NC(=O)OCc3ccccc3)CC2)cc1.CC(C)(C)OC(=O)CCc1ccc(N2CCC(N)CC2)cc1.CCOP(C)(=O)CC(=O)OC(C)(C)C.O=C(NC1CCNCC1)OCc1ccccc1.O=C(O)c1ccc(I)cc1.O=CO[O-].[Cs+].[Cs+].[H-]. The Bertz CT molecular complexity index is 4150. The number of ether oxygens (including phenoxy) is 6. The second-order valence-electron chi connectivity index (χ2n) is 31.2. The summed E-state index contributed by atoms with van der Waals surface area (Å²) in [4.78, 5) is 96.0. The average molecular weight is 2160 g/mol. The predicted octanol–water partition coefficient (Wildman–Crippen LogP) is 10.6. The summed E-state index contributed by atoms with van der Waals surface area (Å²) < 4.78 is 50.0. The number of amides is 2. The van der Waals surface area contributed by atoms with Gasteiger partial charge >= 0.3 is 180 Å². The minimum Gasteiger partial charge on any atom is -1.00 e. The fourth-order valence-corrected chi connectivity index (χ4v) is 12.6. The Morgan fingerprint density at radius 2 is 0.950 bits per heavy atom. The van der Waals surface area contributed by atoms with Gasteiger partial charge in [-0.1, -0.05) is 104 Å². The van der Waals surface area contributed by atoms with Crippen LogP contribution >= 0.6 is 52.6 Å². The Labute approximate surface area is 862 Å². The van der Waals surface area contributed by atoms with Crippen LogP contribution in [0, 0.1) is 18.5 Å². The van der Waals surface area contributed by atoms with E-state index in [0.29, 0.717) is 31.2 Å². The van der Waals surface area contributed by atoms with E-state index >= 15 is 0 Å². The van der Waals surface area contributed by atoms with Crippen LogP contribution in [0.1, 0.15) is 175 Å². The maximum atomic E-state index is 12.1. The number of aromatic carboxylic acids is 1. The van der Waals surface area contributed by atoms with Gasteiger partial charge in [-0.2, -0.15) is 5.26 Å². The molecule has 3 aliphatic heterocycles. The molecule has 3 saturated heterocycles. The topological polar surface area (TPSA) is 363 Å². The van der Waals surface area contributed by atoms with Crippen molar-refractivity contribution in [3.63, 3.8) is 0 Å². The van der Waals surface area contributed by atoms with Gasteiger partial charge in [-0.05, 0) is 294 Å². The van der Waals surface area contributed by atoms with E-state index in [1.807, 2.05) is 159 Å². The van der Waals surface area contributed by atoms with E-state index in [1.165, 1.54) is 39.7 Å². The van der Waals surface area contributed by atoms with E-state index in [1.54, 1.807) is 70.2 Å². The summed E-state index contributed by atoms with van der Waals surface area (Å²) in [5.41, 5.74) is 11.9. The molecule has 0 saturated carbocycles. The van der Waals surface area contributed by atoms with Crippen LogP contribution in [0.4, 0.5) is 21.0 Å². The molecule has 3 heterocycles. The number of anilines is 2. The van der Waals surface area contributed by atoms with Crippen LogP contribution in [0.15, 0.2) is 183 Å². The normalized spacial score (nSPS) is 13.8. The number of carbonyl (C=O) groups excluding carboxylic acids is 7. The van der Waals surface area contributed by atoms with Crippen LogP contribution in [-0.2, 0) is 86.0 Å². The first-order valence-corrected chi connectivity index (χ1v) is 43.5. The zero-order valence-electron chi connectivity index (χ0n) is 74.1. The molecule has 0 radical (unpaired) electrons. The van der Waals surface area contributed by atoms with E-state index in [0.717, 1.165) is 116 Å². The molecule has 9 rings (SSSR count). The van der Waals surface area contributed by atoms with E-state index in [4.69, 9.17) is 59.1 Å². The van der Waals surface area contributed by atoms with Gasteiger partial charge < -0.3 is 81.1 Å². The van der Waals surface area contributed by atoms with E-state index < -0.39 is 41.7 Å². The molecule has 0 aliphatic carbocycles. The van der Waals surface area contributed by atoms with Crippen LogP contribution in [0.2, 0.25) is 0 Å². The zero-order chi connectivity index (χ0) is 89.0. The second-order valence-corrected chi connectivity index (χ2v) is 36.3. The van der Waals surface area contributed by atoms with E-state index in [2.05, 4.69) is 119 Å². The summed E-state index contributed by atoms with van der Waals surface area (Å²) in [5, 5.41) is 33.5. The fourth-order valence-electron chi connectivity index (χ4n) is 10.7. The number of alkyl carbamates (subject to hydrolysis) is 2. The predicted molar refractivity (Wildman–Crippen MR) is 482 cm³/mol. The third-order valence-corrected chi connectivity index (χ3v) is 19.1. The van der Waals surface area contributed by atoms with Crippen molar-refractivity contribution >= 4 is 125 Å². The summed E-state index contributed by atoms with van der Waals surface area (Å²) in [6.07, 6.45) is 13.7. The summed E-state index contributed by atoms with van der Waals surface area (Å²) in [5.74, 6) is -2.15. The molecule has 652 valence electrons. The number of hydrogen-bond acceptors (Lipinski definition) is 23. The Morgan fingerprint density at radius 3 is 1.32 bits per heavy atom. The summed E-state index contributed by atoms with van der Waals surface area (Å²) in [7, 11) is -2.81. The van der Waals surface area contributed by atoms with Crippen molar-refractivity contribution in [2.24, 2.45) is 5.73 Å². The Balaban J connectivity index is 0.